The molecule has 0 aliphatic rings. The zero-order chi connectivity index (χ0) is 29.3. The van der Waals surface area contributed by atoms with Crippen molar-refractivity contribution in [3.05, 3.63) is 179 Å². The van der Waals surface area contributed by atoms with Crippen molar-refractivity contribution < 1.29 is 4.92 Å². The van der Waals surface area contributed by atoms with Crippen LogP contribution in [0.4, 0.5) is 22.7 Å². The molecule has 0 aliphatic heterocycles. The summed E-state index contributed by atoms with van der Waals surface area (Å²) in [6.45, 7) is 4.01. The Bertz CT molecular complexity index is 1730. The molecule has 0 radical (unpaired) electrons. The van der Waals surface area contributed by atoms with Gasteiger partial charge in [-0.25, -0.2) is 0 Å². The molecule has 42 heavy (non-hydrogen) atoms. The maximum Gasteiger partial charge on any atom is 0.269 e. The van der Waals surface area contributed by atoms with Crippen LogP contribution in [0, 0.1) is 24.0 Å². The Morgan fingerprint density at radius 2 is 0.881 bits per heavy atom. The summed E-state index contributed by atoms with van der Waals surface area (Å²) in [5.74, 6) is 0. The van der Waals surface area contributed by atoms with Gasteiger partial charge in [0.15, 0.2) is 0 Å². The maximum absolute atomic E-state index is 10.1. The molecule has 0 atom stereocenters. The largest absolute Gasteiger partial charge is 0.310 e. The SMILES string of the molecule is Cc1ccc(-c2ccc(N(c3ccccc3)c3cccc(-c4ccccc4)c3)cc2)cc1.Cc1ccc([N+](=O)[O-])cc1. The van der Waals surface area contributed by atoms with Crippen LogP contribution >= 0.6 is 0 Å². The summed E-state index contributed by atoms with van der Waals surface area (Å²) < 4.78 is 0. The summed E-state index contributed by atoms with van der Waals surface area (Å²) in [5, 5.41) is 10.1. The van der Waals surface area contributed by atoms with Crippen molar-refractivity contribution in [2.75, 3.05) is 4.90 Å². The van der Waals surface area contributed by atoms with E-state index in [1.165, 1.54) is 39.9 Å². The van der Waals surface area contributed by atoms with Gasteiger partial charge < -0.3 is 4.90 Å². The number of anilines is 3. The normalized spacial score (nSPS) is 10.3. The molecule has 4 nitrogen and oxygen atoms in total. The highest BCUT2D eigenvalue weighted by Gasteiger charge is 2.13. The van der Waals surface area contributed by atoms with E-state index < -0.39 is 4.92 Å². The third-order valence-electron chi connectivity index (χ3n) is 6.98. The molecule has 0 bridgehead atoms. The average molecular weight is 549 g/mol. The predicted octanol–water partition coefficient (Wildman–Crippen LogP) is 10.7. The zero-order valence-corrected chi connectivity index (χ0v) is 23.7. The Morgan fingerprint density at radius 1 is 0.452 bits per heavy atom. The van der Waals surface area contributed by atoms with Crippen molar-refractivity contribution in [3.63, 3.8) is 0 Å². The maximum atomic E-state index is 10.1. The summed E-state index contributed by atoms with van der Waals surface area (Å²) >= 11 is 0. The molecular weight excluding hydrogens is 516 g/mol. The van der Waals surface area contributed by atoms with Crippen LogP contribution < -0.4 is 4.90 Å². The van der Waals surface area contributed by atoms with Crippen molar-refractivity contribution >= 4 is 22.7 Å². The molecular formula is C38H32N2O2. The topological polar surface area (TPSA) is 46.4 Å². The fraction of sp³-hybridized carbons (Fsp3) is 0.0526. The first kappa shape index (κ1) is 28.1. The van der Waals surface area contributed by atoms with E-state index in [1.807, 2.05) is 6.92 Å². The highest BCUT2D eigenvalue weighted by Crippen LogP contribution is 2.37. The third-order valence-corrected chi connectivity index (χ3v) is 6.98. The van der Waals surface area contributed by atoms with Gasteiger partial charge in [-0.2, -0.15) is 0 Å². The molecule has 206 valence electrons. The predicted molar refractivity (Wildman–Crippen MR) is 175 cm³/mol. The number of para-hydroxylation sites is 1. The van der Waals surface area contributed by atoms with E-state index in [0.29, 0.717) is 0 Å². The Morgan fingerprint density at radius 3 is 1.45 bits per heavy atom. The van der Waals surface area contributed by atoms with Gasteiger partial charge in [-0.15, -0.1) is 0 Å². The van der Waals surface area contributed by atoms with E-state index in [9.17, 15) is 10.1 Å². The number of aryl methyl sites for hydroxylation is 2. The van der Waals surface area contributed by atoms with Gasteiger partial charge in [0.25, 0.3) is 5.69 Å². The fourth-order valence-corrected chi connectivity index (χ4v) is 4.69. The number of benzene rings is 6. The van der Waals surface area contributed by atoms with Gasteiger partial charge in [-0.3, -0.25) is 10.1 Å². The average Bonchev–Trinajstić information content (AvgIpc) is 3.04. The quantitative estimate of drug-likeness (QED) is 0.154. The molecule has 6 aromatic carbocycles. The minimum absolute atomic E-state index is 0.144. The highest BCUT2D eigenvalue weighted by molar-refractivity contribution is 5.81. The van der Waals surface area contributed by atoms with Crippen molar-refractivity contribution in [2.45, 2.75) is 13.8 Å². The molecule has 0 N–H and O–H groups in total. The summed E-state index contributed by atoms with van der Waals surface area (Å²) in [5.41, 5.74) is 10.8. The van der Waals surface area contributed by atoms with Crippen LogP contribution in [-0.2, 0) is 0 Å². The van der Waals surface area contributed by atoms with Gasteiger partial charge >= 0.3 is 0 Å². The molecule has 4 heteroatoms. The second kappa shape index (κ2) is 13.2. The third kappa shape index (κ3) is 6.98. The monoisotopic (exact) mass is 548 g/mol. The van der Waals surface area contributed by atoms with E-state index >= 15 is 0 Å². The smallest absolute Gasteiger partial charge is 0.269 e. The van der Waals surface area contributed by atoms with Crippen molar-refractivity contribution in [1.29, 1.82) is 0 Å². The molecule has 0 spiro atoms. The van der Waals surface area contributed by atoms with E-state index in [-0.39, 0.29) is 5.69 Å². The first-order chi connectivity index (χ1) is 20.5. The lowest BCUT2D eigenvalue weighted by Crippen LogP contribution is -2.09. The molecule has 0 aromatic heterocycles. The van der Waals surface area contributed by atoms with E-state index in [4.69, 9.17) is 0 Å². The molecule has 0 saturated heterocycles. The van der Waals surface area contributed by atoms with Gasteiger partial charge in [0, 0.05) is 29.2 Å². The van der Waals surface area contributed by atoms with E-state index in [2.05, 4.69) is 145 Å². The summed E-state index contributed by atoms with van der Waals surface area (Å²) in [4.78, 5) is 12.0. The second-order valence-electron chi connectivity index (χ2n) is 10.1. The zero-order valence-electron chi connectivity index (χ0n) is 23.7. The number of rotatable bonds is 6. The highest BCUT2D eigenvalue weighted by atomic mass is 16.6. The van der Waals surface area contributed by atoms with Gasteiger partial charge in [0.2, 0.25) is 0 Å². The molecule has 0 heterocycles. The number of hydrogen-bond acceptors (Lipinski definition) is 3. The van der Waals surface area contributed by atoms with Crippen molar-refractivity contribution in [3.8, 4) is 22.3 Å². The van der Waals surface area contributed by atoms with Crippen molar-refractivity contribution in [1.82, 2.24) is 0 Å². The number of nitro groups is 1. The lowest BCUT2D eigenvalue weighted by molar-refractivity contribution is -0.384. The van der Waals surface area contributed by atoms with E-state index in [0.717, 1.165) is 22.6 Å². The van der Waals surface area contributed by atoms with Crippen molar-refractivity contribution in [2.24, 2.45) is 0 Å². The van der Waals surface area contributed by atoms with E-state index in [1.54, 1.807) is 12.1 Å². The summed E-state index contributed by atoms with van der Waals surface area (Å²) in [6, 6.07) is 53.8. The lowest BCUT2D eigenvalue weighted by Gasteiger charge is -2.26. The molecule has 0 saturated carbocycles. The molecule has 0 fully saturated rings. The van der Waals surface area contributed by atoms with Gasteiger partial charge in [0.1, 0.15) is 0 Å². The molecule has 0 unspecified atom stereocenters. The number of nitrogens with zero attached hydrogens (tertiary/aromatic N) is 2. The Hall–Kier alpha value is -5.48. The number of nitro benzene ring substituents is 1. The second-order valence-corrected chi connectivity index (χ2v) is 10.1. The minimum atomic E-state index is -0.403. The summed E-state index contributed by atoms with van der Waals surface area (Å²) in [7, 11) is 0. The Balaban J connectivity index is 0.000000300. The van der Waals surface area contributed by atoms with Crippen LogP contribution in [0.5, 0.6) is 0 Å². The van der Waals surface area contributed by atoms with Crippen LogP contribution in [-0.4, -0.2) is 4.92 Å². The van der Waals surface area contributed by atoms with Gasteiger partial charge in [-0.05, 0) is 72.5 Å². The van der Waals surface area contributed by atoms with Crippen LogP contribution in [0.25, 0.3) is 22.3 Å². The minimum Gasteiger partial charge on any atom is -0.310 e. The Kier molecular flexibility index (Phi) is 8.85. The molecule has 0 aliphatic carbocycles. The first-order valence-electron chi connectivity index (χ1n) is 13.9. The number of non-ortho nitro benzene ring substituents is 1. The van der Waals surface area contributed by atoms with Crippen LogP contribution in [0.15, 0.2) is 158 Å². The summed E-state index contributed by atoms with van der Waals surface area (Å²) in [6.07, 6.45) is 0. The number of hydrogen-bond donors (Lipinski definition) is 0. The molecule has 6 aromatic rings. The standard InChI is InChI=1S/C31H25N.C7H7NO2/c1-24-15-17-26(18-16-24)27-19-21-30(22-20-27)32(29-12-6-3-7-13-29)31-14-8-11-28(23-31)25-9-4-2-5-10-25;1-6-2-4-7(5-3-6)8(9)10/h2-23H,1H3;2-5H,1H3. The Labute approximate surface area is 247 Å². The lowest BCUT2D eigenvalue weighted by atomic mass is 10.0. The van der Waals surface area contributed by atoms with Gasteiger partial charge in [-0.1, -0.05) is 120 Å². The molecule has 6 rings (SSSR count). The first-order valence-corrected chi connectivity index (χ1v) is 13.9. The fourth-order valence-electron chi connectivity index (χ4n) is 4.69. The van der Waals surface area contributed by atoms with Crippen LogP contribution in [0.1, 0.15) is 11.1 Å². The van der Waals surface area contributed by atoms with Crippen LogP contribution in [0.2, 0.25) is 0 Å². The van der Waals surface area contributed by atoms with Gasteiger partial charge in [0.05, 0.1) is 4.92 Å². The molecule has 0 amide bonds. The van der Waals surface area contributed by atoms with Crippen LogP contribution in [0.3, 0.4) is 0 Å².